The first-order valence-corrected chi connectivity index (χ1v) is 5.61. The average molecular weight is 258 g/mol. The van der Waals surface area contributed by atoms with E-state index in [-0.39, 0.29) is 0 Å². The second kappa shape index (κ2) is 6.35. The molecule has 0 aliphatic carbocycles. The summed E-state index contributed by atoms with van der Waals surface area (Å²) < 4.78 is 9.74. The molecule has 5 heteroatoms. The molecule has 94 valence electrons. The number of hydrogen-bond acceptors (Lipinski definition) is 3. The minimum atomic E-state index is -0.442. The summed E-state index contributed by atoms with van der Waals surface area (Å²) in [7, 11) is 2.94. The zero-order valence-corrected chi connectivity index (χ0v) is 10.9. The van der Waals surface area contributed by atoms with Gasteiger partial charge in [-0.25, -0.2) is 4.79 Å². The summed E-state index contributed by atoms with van der Waals surface area (Å²) in [4.78, 5) is 10.9. The van der Waals surface area contributed by atoms with Crippen molar-refractivity contribution in [3.63, 3.8) is 0 Å². The number of nitrogens with one attached hydrogen (secondary N) is 1. The van der Waals surface area contributed by atoms with E-state index < -0.39 is 6.09 Å². The monoisotopic (exact) mass is 257 g/mol. The standard InChI is InChI=1S/C12H16ClNO3/c1-8-6-11(16-2)9(7-10(8)13)4-5-14-12(15)17-3/h6-7H,4-5H2,1-3H3,(H,14,15). The van der Waals surface area contributed by atoms with Crippen molar-refractivity contribution in [2.24, 2.45) is 0 Å². The van der Waals surface area contributed by atoms with E-state index in [0.29, 0.717) is 18.0 Å². The molecule has 0 aliphatic heterocycles. The van der Waals surface area contributed by atoms with Crippen LogP contribution in [0.4, 0.5) is 4.79 Å². The van der Waals surface area contributed by atoms with Crippen LogP contribution in [0, 0.1) is 6.92 Å². The predicted octanol–water partition coefficient (Wildman–Crippen LogP) is 2.56. The molecule has 1 rings (SSSR count). The van der Waals surface area contributed by atoms with Gasteiger partial charge in [0, 0.05) is 11.6 Å². The second-order valence-electron chi connectivity index (χ2n) is 3.58. The van der Waals surface area contributed by atoms with E-state index in [2.05, 4.69) is 10.1 Å². The molecule has 0 saturated heterocycles. The zero-order valence-electron chi connectivity index (χ0n) is 10.2. The highest BCUT2D eigenvalue weighted by molar-refractivity contribution is 6.31. The van der Waals surface area contributed by atoms with Gasteiger partial charge < -0.3 is 14.8 Å². The summed E-state index contributed by atoms with van der Waals surface area (Å²) in [5.74, 6) is 0.776. The van der Waals surface area contributed by atoms with Crippen LogP contribution in [0.15, 0.2) is 12.1 Å². The summed E-state index contributed by atoms with van der Waals surface area (Å²) in [5.41, 5.74) is 1.92. The molecule has 0 unspecified atom stereocenters. The van der Waals surface area contributed by atoms with Crippen LogP contribution in [-0.4, -0.2) is 26.9 Å². The van der Waals surface area contributed by atoms with Crippen LogP contribution in [0.2, 0.25) is 5.02 Å². The number of methoxy groups -OCH3 is 2. The molecule has 0 bridgehead atoms. The van der Waals surface area contributed by atoms with E-state index in [4.69, 9.17) is 16.3 Å². The molecule has 17 heavy (non-hydrogen) atoms. The highest BCUT2D eigenvalue weighted by Crippen LogP contribution is 2.26. The number of hydrogen-bond donors (Lipinski definition) is 1. The van der Waals surface area contributed by atoms with E-state index in [1.807, 2.05) is 19.1 Å². The Balaban J connectivity index is 2.69. The predicted molar refractivity (Wildman–Crippen MR) is 66.9 cm³/mol. The van der Waals surface area contributed by atoms with E-state index in [1.54, 1.807) is 7.11 Å². The Morgan fingerprint density at radius 1 is 1.41 bits per heavy atom. The number of rotatable bonds is 4. The van der Waals surface area contributed by atoms with Gasteiger partial charge in [0.2, 0.25) is 0 Å². The third kappa shape index (κ3) is 3.82. The maximum atomic E-state index is 10.9. The van der Waals surface area contributed by atoms with Crippen LogP contribution < -0.4 is 10.1 Å². The van der Waals surface area contributed by atoms with E-state index >= 15 is 0 Å². The fourth-order valence-electron chi connectivity index (χ4n) is 1.45. The molecule has 0 radical (unpaired) electrons. The van der Waals surface area contributed by atoms with E-state index in [0.717, 1.165) is 16.9 Å². The van der Waals surface area contributed by atoms with Gasteiger partial charge >= 0.3 is 6.09 Å². The first-order chi connectivity index (χ1) is 8.08. The van der Waals surface area contributed by atoms with Gasteiger partial charge in [0.15, 0.2) is 0 Å². The van der Waals surface area contributed by atoms with Gasteiger partial charge in [-0.3, -0.25) is 0 Å². The van der Waals surface area contributed by atoms with Crippen LogP contribution in [0.25, 0.3) is 0 Å². The second-order valence-corrected chi connectivity index (χ2v) is 3.99. The van der Waals surface area contributed by atoms with Crippen LogP contribution in [0.1, 0.15) is 11.1 Å². The van der Waals surface area contributed by atoms with Gasteiger partial charge in [0.1, 0.15) is 5.75 Å². The van der Waals surface area contributed by atoms with Crippen LogP contribution in [-0.2, 0) is 11.2 Å². The summed E-state index contributed by atoms with van der Waals surface area (Å²) in [6.45, 7) is 2.39. The Labute approximate surface area is 106 Å². The lowest BCUT2D eigenvalue weighted by Gasteiger charge is -2.11. The third-order valence-electron chi connectivity index (χ3n) is 2.41. The van der Waals surface area contributed by atoms with Crippen molar-refractivity contribution in [2.75, 3.05) is 20.8 Å². The van der Waals surface area contributed by atoms with Gasteiger partial charge in [-0.2, -0.15) is 0 Å². The molecule has 0 aliphatic rings. The van der Waals surface area contributed by atoms with Gasteiger partial charge in [-0.15, -0.1) is 0 Å². The number of amides is 1. The van der Waals surface area contributed by atoms with Gasteiger partial charge in [-0.1, -0.05) is 11.6 Å². The summed E-state index contributed by atoms with van der Waals surface area (Å²) in [5, 5.41) is 3.30. The SMILES string of the molecule is COC(=O)NCCc1cc(Cl)c(C)cc1OC. The number of carbonyl (C=O) groups excluding carboxylic acids is 1. The molecule has 0 fully saturated rings. The number of benzene rings is 1. The van der Waals surface area contributed by atoms with Gasteiger partial charge in [0.05, 0.1) is 14.2 Å². The third-order valence-corrected chi connectivity index (χ3v) is 2.82. The Morgan fingerprint density at radius 3 is 2.71 bits per heavy atom. The van der Waals surface area contributed by atoms with Crippen molar-refractivity contribution in [3.05, 3.63) is 28.3 Å². The smallest absolute Gasteiger partial charge is 0.406 e. The molecule has 1 aromatic rings. The molecule has 0 spiro atoms. The molecule has 0 atom stereocenters. The number of alkyl carbamates (subject to hydrolysis) is 1. The van der Waals surface area contributed by atoms with Crippen LogP contribution in [0.5, 0.6) is 5.75 Å². The minimum Gasteiger partial charge on any atom is -0.496 e. The number of ether oxygens (including phenoxy) is 2. The Morgan fingerprint density at radius 2 is 2.12 bits per heavy atom. The van der Waals surface area contributed by atoms with Crippen molar-refractivity contribution in [1.29, 1.82) is 0 Å². The minimum absolute atomic E-state index is 0.442. The summed E-state index contributed by atoms with van der Waals surface area (Å²) in [6.07, 6.45) is 0.195. The molecule has 1 amide bonds. The molecule has 1 N–H and O–H groups in total. The number of aryl methyl sites for hydroxylation is 1. The molecule has 0 heterocycles. The lowest BCUT2D eigenvalue weighted by Crippen LogP contribution is -2.25. The van der Waals surface area contributed by atoms with Gasteiger partial charge in [-0.05, 0) is 36.6 Å². The lowest BCUT2D eigenvalue weighted by atomic mass is 10.1. The highest BCUT2D eigenvalue weighted by atomic mass is 35.5. The number of halogens is 1. The first-order valence-electron chi connectivity index (χ1n) is 5.23. The summed E-state index contributed by atoms with van der Waals surface area (Å²) >= 11 is 6.04. The molecular weight excluding hydrogens is 242 g/mol. The van der Waals surface area contributed by atoms with E-state index in [1.165, 1.54) is 7.11 Å². The Bertz CT molecular complexity index is 407. The Hall–Kier alpha value is -1.42. The van der Waals surface area contributed by atoms with Crippen molar-refractivity contribution in [3.8, 4) is 5.75 Å². The molecule has 0 saturated carbocycles. The first kappa shape index (κ1) is 13.6. The maximum Gasteiger partial charge on any atom is 0.406 e. The normalized spacial score (nSPS) is 9.88. The lowest BCUT2D eigenvalue weighted by molar-refractivity contribution is 0.171. The zero-order chi connectivity index (χ0) is 12.8. The fourth-order valence-corrected chi connectivity index (χ4v) is 1.64. The number of carbonyl (C=O) groups is 1. The fraction of sp³-hybridized carbons (Fsp3) is 0.417. The van der Waals surface area contributed by atoms with Crippen LogP contribution >= 0.6 is 11.6 Å². The molecule has 0 aromatic heterocycles. The molecule has 4 nitrogen and oxygen atoms in total. The maximum absolute atomic E-state index is 10.9. The van der Waals surface area contributed by atoms with Crippen molar-refractivity contribution < 1.29 is 14.3 Å². The average Bonchev–Trinajstić information content (AvgIpc) is 2.32. The van der Waals surface area contributed by atoms with Crippen molar-refractivity contribution in [1.82, 2.24) is 5.32 Å². The molecule has 1 aromatic carbocycles. The largest absolute Gasteiger partial charge is 0.496 e. The Kier molecular flexibility index (Phi) is 5.10. The quantitative estimate of drug-likeness (QED) is 0.902. The topological polar surface area (TPSA) is 47.6 Å². The van der Waals surface area contributed by atoms with Crippen molar-refractivity contribution in [2.45, 2.75) is 13.3 Å². The molecular formula is C12H16ClNO3. The van der Waals surface area contributed by atoms with Crippen molar-refractivity contribution >= 4 is 17.7 Å². The van der Waals surface area contributed by atoms with Gasteiger partial charge in [0.25, 0.3) is 0 Å². The van der Waals surface area contributed by atoms with E-state index in [9.17, 15) is 4.79 Å². The highest BCUT2D eigenvalue weighted by Gasteiger charge is 2.07. The summed E-state index contributed by atoms with van der Waals surface area (Å²) in [6, 6.07) is 3.74. The van der Waals surface area contributed by atoms with Crippen LogP contribution in [0.3, 0.4) is 0 Å².